The summed E-state index contributed by atoms with van der Waals surface area (Å²) in [5.41, 5.74) is 2.11. The van der Waals surface area contributed by atoms with Gasteiger partial charge < -0.3 is 5.11 Å². The molecule has 0 spiro atoms. The summed E-state index contributed by atoms with van der Waals surface area (Å²) in [5, 5.41) is 9.12. The summed E-state index contributed by atoms with van der Waals surface area (Å²) >= 11 is 0. The Morgan fingerprint density at radius 1 is 1.12 bits per heavy atom. The summed E-state index contributed by atoms with van der Waals surface area (Å²) in [7, 11) is 0. The molecule has 1 aromatic rings. The van der Waals surface area contributed by atoms with Crippen LogP contribution < -0.4 is 0 Å². The molecule has 2 heteroatoms. The van der Waals surface area contributed by atoms with Gasteiger partial charge in [0.25, 0.3) is 0 Å². The molecule has 0 unspecified atom stereocenters. The quantitative estimate of drug-likeness (QED) is 0.770. The van der Waals surface area contributed by atoms with Crippen LogP contribution in [0.2, 0.25) is 0 Å². The molecule has 2 nitrogen and oxygen atoms in total. The molecule has 86 valence electrons. The maximum absolute atomic E-state index is 11.1. The standard InChI is InChI=1S/C14H18O2/c1-10(13(15)16)12(14(2,3)4)11-8-6-5-7-9-11/h5-9H,1-4H3,(H,15,16). The second kappa shape index (κ2) is 4.52. The minimum atomic E-state index is -0.853. The zero-order chi connectivity index (χ0) is 12.3. The zero-order valence-electron chi connectivity index (χ0n) is 10.2. The number of hydrogen-bond acceptors (Lipinski definition) is 1. The average Bonchev–Trinajstić information content (AvgIpc) is 2.17. The lowest BCUT2D eigenvalue weighted by atomic mass is 9.79. The maximum Gasteiger partial charge on any atom is 0.331 e. The van der Waals surface area contributed by atoms with Gasteiger partial charge in [-0.1, -0.05) is 51.1 Å². The summed E-state index contributed by atoms with van der Waals surface area (Å²) in [6.45, 7) is 7.75. The van der Waals surface area contributed by atoms with Gasteiger partial charge in [0.05, 0.1) is 0 Å². The Kier molecular flexibility index (Phi) is 3.53. The predicted octanol–water partition coefficient (Wildman–Crippen LogP) is 3.59. The van der Waals surface area contributed by atoms with Crippen molar-refractivity contribution in [2.45, 2.75) is 27.7 Å². The molecule has 0 saturated heterocycles. The number of aliphatic carboxylic acids is 1. The highest BCUT2D eigenvalue weighted by molar-refractivity contribution is 5.96. The lowest BCUT2D eigenvalue weighted by Gasteiger charge is -2.25. The topological polar surface area (TPSA) is 37.3 Å². The highest BCUT2D eigenvalue weighted by Gasteiger charge is 2.23. The molecule has 0 radical (unpaired) electrons. The van der Waals surface area contributed by atoms with E-state index in [1.54, 1.807) is 6.92 Å². The largest absolute Gasteiger partial charge is 0.478 e. The van der Waals surface area contributed by atoms with E-state index in [2.05, 4.69) is 0 Å². The van der Waals surface area contributed by atoms with Crippen LogP contribution in [0.15, 0.2) is 35.9 Å². The van der Waals surface area contributed by atoms with Crippen LogP contribution in [0.4, 0.5) is 0 Å². The molecule has 0 fully saturated rings. The van der Waals surface area contributed by atoms with Crippen molar-refractivity contribution in [1.29, 1.82) is 0 Å². The number of hydrogen-bond donors (Lipinski definition) is 1. The van der Waals surface area contributed by atoms with Crippen LogP contribution in [0.5, 0.6) is 0 Å². The van der Waals surface area contributed by atoms with Crippen molar-refractivity contribution in [1.82, 2.24) is 0 Å². The summed E-state index contributed by atoms with van der Waals surface area (Å²) in [6, 6.07) is 9.69. The van der Waals surface area contributed by atoms with Crippen molar-refractivity contribution < 1.29 is 9.90 Å². The molecule has 1 aromatic carbocycles. The molecule has 1 rings (SSSR count). The first kappa shape index (κ1) is 12.5. The minimum Gasteiger partial charge on any atom is -0.478 e. The average molecular weight is 218 g/mol. The van der Waals surface area contributed by atoms with E-state index in [1.807, 2.05) is 51.1 Å². The lowest BCUT2D eigenvalue weighted by molar-refractivity contribution is -0.132. The van der Waals surface area contributed by atoms with Crippen LogP contribution in [0.1, 0.15) is 33.3 Å². The van der Waals surface area contributed by atoms with Crippen molar-refractivity contribution in [3.8, 4) is 0 Å². The second-order valence-corrected chi connectivity index (χ2v) is 4.92. The molecular weight excluding hydrogens is 200 g/mol. The summed E-state index contributed by atoms with van der Waals surface area (Å²) < 4.78 is 0. The van der Waals surface area contributed by atoms with Crippen molar-refractivity contribution in [3.05, 3.63) is 41.5 Å². The van der Waals surface area contributed by atoms with E-state index < -0.39 is 5.97 Å². The molecule has 0 atom stereocenters. The highest BCUT2D eigenvalue weighted by atomic mass is 16.4. The maximum atomic E-state index is 11.1. The van der Waals surface area contributed by atoms with Gasteiger partial charge in [0.1, 0.15) is 0 Å². The number of carboxylic acids is 1. The first-order valence-corrected chi connectivity index (χ1v) is 5.34. The number of carbonyl (C=O) groups is 1. The van der Waals surface area contributed by atoms with Crippen LogP contribution in [-0.4, -0.2) is 11.1 Å². The number of carboxylic acid groups (broad SMARTS) is 1. The van der Waals surface area contributed by atoms with Crippen LogP contribution >= 0.6 is 0 Å². The normalized spacial score (nSPS) is 13.2. The third kappa shape index (κ3) is 2.72. The van der Waals surface area contributed by atoms with Crippen molar-refractivity contribution in [2.24, 2.45) is 5.41 Å². The van der Waals surface area contributed by atoms with Gasteiger partial charge in [-0.25, -0.2) is 4.79 Å². The van der Waals surface area contributed by atoms with Gasteiger partial charge in [-0.3, -0.25) is 0 Å². The molecule has 0 aliphatic heterocycles. The van der Waals surface area contributed by atoms with Gasteiger partial charge in [-0.15, -0.1) is 0 Å². The Morgan fingerprint density at radius 2 is 1.62 bits per heavy atom. The molecule has 0 saturated carbocycles. The van der Waals surface area contributed by atoms with Crippen LogP contribution in [-0.2, 0) is 4.79 Å². The van der Waals surface area contributed by atoms with E-state index >= 15 is 0 Å². The fourth-order valence-electron chi connectivity index (χ4n) is 1.92. The Morgan fingerprint density at radius 3 is 2.00 bits per heavy atom. The zero-order valence-corrected chi connectivity index (χ0v) is 10.2. The van der Waals surface area contributed by atoms with E-state index in [4.69, 9.17) is 5.11 Å². The minimum absolute atomic E-state index is 0.177. The molecule has 0 aromatic heterocycles. The summed E-state index contributed by atoms with van der Waals surface area (Å²) in [5.74, 6) is -0.853. The van der Waals surface area contributed by atoms with E-state index in [-0.39, 0.29) is 5.41 Å². The predicted molar refractivity (Wildman–Crippen MR) is 66.1 cm³/mol. The van der Waals surface area contributed by atoms with Crippen LogP contribution in [0.3, 0.4) is 0 Å². The smallest absolute Gasteiger partial charge is 0.331 e. The SMILES string of the molecule is CC(C(=O)O)=C(c1ccccc1)C(C)(C)C. The molecule has 16 heavy (non-hydrogen) atoms. The fraction of sp³-hybridized carbons (Fsp3) is 0.357. The Bertz CT molecular complexity index is 408. The van der Waals surface area contributed by atoms with Gasteiger partial charge in [0.2, 0.25) is 0 Å². The first-order chi connectivity index (χ1) is 7.34. The summed E-state index contributed by atoms with van der Waals surface area (Å²) in [4.78, 5) is 11.1. The molecule has 0 bridgehead atoms. The molecule has 0 aliphatic carbocycles. The van der Waals surface area contributed by atoms with E-state index in [9.17, 15) is 4.79 Å². The first-order valence-electron chi connectivity index (χ1n) is 5.34. The number of allylic oxidation sites excluding steroid dienone is 1. The highest BCUT2D eigenvalue weighted by Crippen LogP contribution is 2.36. The van der Waals surface area contributed by atoms with Gasteiger partial charge in [0.15, 0.2) is 0 Å². The van der Waals surface area contributed by atoms with Gasteiger partial charge in [0, 0.05) is 5.57 Å². The van der Waals surface area contributed by atoms with E-state index in [0.717, 1.165) is 11.1 Å². The molecule has 1 N–H and O–H groups in total. The van der Waals surface area contributed by atoms with Crippen LogP contribution in [0, 0.1) is 5.41 Å². The van der Waals surface area contributed by atoms with E-state index in [1.165, 1.54) is 0 Å². The van der Waals surface area contributed by atoms with Crippen LogP contribution in [0.25, 0.3) is 5.57 Å². The van der Waals surface area contributed by atoms with Crippen molar-refractivity contribution in [2.75, 3.05) is 0 Å². The fourth-order valence-corrected chi connectivity index (χ4v) is 1.92. The number of benzene rings is 1. The van der Waals surface area contributed by atoms with E-state index in [0.29, 0.717) is 5.57 Å². The lowest BCUT2D eigenvalue weighted by Crippen LogP contribution is -2.14. The molecular formula is C14H18O2. The summed E-state index contributed by atoms with van der Waals surface area (Å²) in [6.07, 6.45) is 0. The second-order valence-electron chi connectivity index (χ2n) is 4.92. The van der Waals surface area contributed by atoms with Gasteiger partial charge in [-0.2, -0.15) is 0 Å². The monoisotopic (exact) mass is 218 g/mol. The molecule has 0 heterocycles. The third-order valence-electron chi connectivity index (χ3n) is 2.51. The van der Waals surface area contributed by atoms with Gasteiger partial charge >= 0.3 is 5.97 Å². The number of rotatable bonds is 2. The Hall–Kier alpha value is -1.57. The van der Waals surface area contributed by atoms with Crippen molar-refractivity contribution >= 4 is 11.5 Å². The third-order valence-corrected chi connectivity index (χ3v) is 2.51. The Balaban J connectivity index is 3.40. The molecule has 0 aliphatic rings. The molecule has 0 amide bonds. The van der Waals surface area contributed by atoms with Crippen molar-refractivity contribution in [3.63, 3.8) is 0 Å². The van der Waals surface area contributed by atoms with Gasteiger partial charge in [-0.05, 0) is 23.5 Å². The Labute approximate surface area is 96.6 Å².